The van der Waals surface area contributed by atoms with Gasteiger partial charge in [-0.15, -0.1) is 0 Å². The van der Waals surface area contributed by atoms with Gasteiger partial charge in [0.05, 0.1) is 11.0 Å². The zero-order valence-corrected chi connectivity index (χ0v) is 11.0. The van der Waals surface area contributed by atoms with Crippen LogP contribution in [0.5, 0.6) is 0 Å². The fourth-order valence-corrected chi connectivity index (χ4v) is 2.27. The van der Waals surface area contributed by atoms with Crippen LogP contribution in [-0.2, 0) is 12.3 Å². The molecule has 0 N–H and O–H groups in total. The third-order valence-corrected chi connectivity index (χ3v) is 3.26. The number of aromatic nitrogens is 2. The van der Waals surface area contributed by atoms with Gasteiger partial charge in [0.15, 0.2) is 0 Å². The molecule has 3 heteroatoms. The Morgan fingerprint density at radius 1 is 1.38 bits per heavy atom. The van der Waals surface area contributed by atoms with Crippen molar-refractivity contribution in [3.63, 3.8) is 0 Å². The summed E-state index contributed by atoms with van der Waals surface area (Å²) in [6, 6.07) is 6.57. The van der Waals surface area contributed by atoms with Gasteiger partial charge in [-0.25, -0.2) is 4.98 Å². The van der Waals surface area contributed by atoms with E-state index in [-0.39, 0.29) is 0 Å². The van der Waals surface area contributed by atoms with Gasteiger partial charge in [-0.05, 0) is 30.5 Å². The van der Waals surface area contributed by atoms with Crippen molar-refractivity contribution in [2.24, 2.45) is 0 Å². The number of fused-ring (bicyclic) bond motifs is 1. The van der Waals surface area contributed by atoms with E-state index < -0.39 is 0 Å². The fourth-order valence-electron chi connectivity index (χ4n) is 2.03. The van der Waals surface area contributed by atoms with Gasteiger partial charge >= 0.3 is 0 Å². The van der Waals surface area contributed by atoms with Crippen molar-refractivity contribution in [3.05, 3.63) is 29.6 Å². The van der Waals surface area contributed by atoms with Gasteiger partial charge in [-0.3, -0.25) is 0 Å². The number of hydrogen-bond donors (Lipinski definition) is 1. The summed E-state index contributed by atoms with van der Waals surface area (Å²) in [5.41, 5.74) is 3.66. The third kappa shape index (κ3) is 1.84. The number of nitrogens with zero attached hydrogens (tertiary/aromatic N) is 2. The minimum atomic E-state index is 0.552. The van der Waals surface area contributed by atoms with Crippen LogP contribution in [0, 0.1) is 0 Å². The molecule has 0 saturated heterocycles. The molecule has 0 aliphatic rings. The molecule has 0 spiro atoms. The zero-order chi connectivity index (χ0) is 11.7. The highest BCUT2D eigenvalue weighted by Gasteiger charge is 2.09. The zero-order valence-electron chi connectivity index (χ0n) is 10.1. The van der Waals surface area contributed by atoms with Crippen LogP contribution in [0.25, 0.3) is 11.0 Å². The van der Waals surface area contributed by atoms with E-state index in [1.165, 1.54) is 11.1 Å². The number of thiol groups is 1. The summed E-state index contributed by atoms with van der Waals surface area (Å²) in [4.78, 5) is 4.63. The SMILES string of the molecule is CCn1c(CS)nc2cc(C(C)C)ccc21. The van der Waals surface area contributed by atoms with Gasteiger partial charge in [0, 0.05) is 12.3 Å². The number of imidazole rings is 1. The second-order valence-corrected chi connectivity index (χ2v) is 4.65. The third-order valence-electron chi connectivity index (χ3n) is 2.98. The van der Waals surface area contributed by atoms with Crippen molar-refractivity contribution >= 4 is 23.7 Å². The maximum Gasteiger partial charge on any atom is 0.119 e. The molecule has 0 radical (unpaired) electrons. The van der Waals surface area contributed by atoms with Crippen LogP contribution < -0.4 is 0 Å². The van der Waals surface area contributed by atoms with Gasteiger partial charge in [0.25, 0.3) is 0 Å². The Hall–Kier alpha value is -0.960. The largest absolute Gasteiger partial charge is 0.328 e. The lowest BCUT2D eigenvalue weighted by Gasteiger charge is -2.06. The van der Waals surface area contributed by atoms with Crippen LogP contribution >= 0.6 is 12.6 Å². The Balaban J connectivity index is 2.63. The van der Waals surface area contributed by atoms with Gasteiger partial charge in [-0.2, -0.15) is 12.6 Å². The lowest BCUT2D eigenvalue weighted by Crippen LogP contribution is -1.99. The normalized spacial score (nSPS) is 11.6. The quantitative estimate of drug-likeness (QED) is 0.803. The highest BCUT2D eigenvalue weighted by Crippen LogP contribution is 2.22. The van der Waals surface area contributed by atoms with Gasteiger partial charge < -0.3 is 4.57 Å². The fraction of sp³-hybridized carbons (Fsp3) is 0.462. The van der Waals surface area contributed by atoms with Crippen LogP contribution in [0.15, 0.2) is 18.2 Å². The Bertz CT molecular complexity index is 500. The van der Waals surface area contributed by atoms with E-state index >= 15 is 0 Å². The number of benzene rings is 1. The van der Waals surface area contributed by atoms with Crippen molar-refractivity contribution in [1.29, 1.82) is 0 Å². The minimum Gasteiger partial charge on any atom is -0.328 e. The second-order valence-electron chi connectivity index (χ2n) is 4.33. The molecule has 1 aromatic heterocycles. The summed E-state index contributed by atoms with van der Waals surface area (Å²) >= 11 is 4.33. The molecule has 0 bridgehead atoms. The molecule has 0 amide bonds. The summed E-state index contributed by atoms with van der Waals surface area (Å²) < 4.78 is 2.23. The molecule has 0 fully saturated rings. The van der Waals surface area contributed by atoms with Gasteiger partial charge in [0.2, 0.25) is 0 Å². The minimum absolute atomic E-state index is 0.552. The Morgan fingerprint density at radius 3 is 2.69 bits per heavy atom. The van der Waals surface area contributed by atoms with Crippen LogP contribution in [0.2, 0.25) is 0 Å². The van der Waals surface area contributed by atoms with Crippen molar-refractivity contribution in [2.45, 2.75) is 39.0 Å². The number of aryl methyl sites for hydroxylation is 1. The summed E-state index contributed by atoms with van der Waals surface area (Å²) in [5, 5.41) is 0. The monoisotopic (exact) mass is 234 g/mol. The van der Waals surface area contributed by atoms with E-state index in [1.807, 2.05) is 0 Å². The lowest BCUT2D eigenvalue weighted by atomic mass is 10.0. The second kappa shape index (κ2) is 4.50. The first-order valence-electron chi connectivity index (χ1n) is 5.77. The predicted molar refractivity (Wildman–Crippen MR) is 72.2 cm³/mol. The first-order valence-corrected chi connectivity index (χ1v) is 6.40. The molecule has 0 aliphatic heterocycles. The highest BCUT2D eigenvalue weighted by atomic mass is 32.1. The molecular weight excluding hydrogens is 216 g/mol. The average molecular weight is 234 g/mol. The molecule has 16 heavy (non-hydrogen) atoms. The molecule has 86 valence electrons. The summed E-state index contributed by atoms with van der Waals surface area (Å²) in [6.07, 6.45) is 0. The molecule has 2 nitrogen and oxygen atoms in total. The standard InChI is InChI=1S/C13H18N2S/c1-4-15-12-6-5-10(9(2)3)7-11(12)14-13(15)8-16/h5-7,9,16H,4,8H2,1-3H3. The van der Waals surface area contributed by atoms with E-state index in [0.717, 1.165) is 17.9 Å². The molecule has 1 heterocycles. The first kappa shape index (κ1) is 11.5. The molecule has 0 saturated carbocycles. The van der Waals surface area contributed by atoms with Crippen molar-refractivity contribution < 1.29 is 0 Å². The van der Waals surface area contributed by atoms with Crippen LogP contribution in [0.4, 0.5) is 0 Å². The lowest BCUT2D eigenvalue weighted by molar-refractivity contribution is 0.749. The summed E-state index contributed by atoms with van der Waals surface area (Å²) in [5.74, 6) is 2.30. The van der Waals surface area contributed by atoms with E-state index in [4.69, 9.17) is 0 Å². The summed E-state index contributed by atoms with van der Waals surface area (Å²) in [7, 11) is 0. The smallest absolute Gasteiger partial charge is 0.119 e. The number of hydrogen-bond acceptors (Lipinski definition) is 2. The van der Waals surface area contributed by atoms with E-state index in [2.05, 4.69) is 61.2 Å². The Morgan fingerprint density at radius 2 is 2.12 bits per heavy atom. The molecule has 2 aromatic rings. The Labute approximate surface area is 102 Å². The van der Waals surface area contributed by atoms with Crippen LogP contribution in [-0.4, -0.2) is 9.55 Å². The first-order chi connectivity index (χ1) is 7.67. The van der Waals surface area contributed by atoms with Crippen molar-refractivity contribution in [3.8, 4) is 0 Å². The topological polar surface area (TPSA) is 17.8 Å². The van der Waals surface area contributed by atoms with E-state index in [0.29, 0.717) is 11.7 Å². The van der Waals surface area contributed by atoms with E-state index in [1.54, 1.807) is 0 Å². The molecule has 0 aliphatic carbocycles. The molecule has 2 rings (SSSR count). The molecule has 0 unspecified atom stereocenters. The average Bonchev–Trinajstić information content (AvgIpc) is 2.65. The predicted octanol–water partition coefficient (Wildman–Crippen LogP) is 3.61. The molecule has 1 aromatic carbocycles. The van der Waals surface area contributed by atoms with Crippen LogP contribution in [0.1, 0.15) is 38.1 Å². The summed E-state index contributed by atoms with van der Waals surface area (Å²) in [6.45, 7) is 7.51. The molecular formula is C13H18N2S. The van der Waals surface area contributed by atoms with Crippen LogP contribution in [0.3, 0.4) is 0 Å². The maximum absolute atomic E-state index is 4.63. The highest BCUT2D eigenvalue weighted by molar-refractivity contribution is 7.79. The van der Waals surface area contributed by atoms with Crippen molar-refractivity contribution in [1.82, 2.24) is 9.55 Å². The maximum atomic E-state index is 4.63. The Kier molecular flexibility index (Phi) is 3.24. The molecule has 0 atom stereocenters. The van der Waals surface area contributed by atoms with E-state index in [9.17, 15) is 0 Å². The van der Waals surface area contributed by atoms with Gasteiger partial charge in [-0.1, -0.05) is 19.9 Å². The van der Waals surface area contributed by atoms with Crippen molar-refractivity contribution in [2.75, 3.05) is 0 Å². The van der Waals surface area contributed by atoms with Gasteiger partial charge in [0.1, 0.15) is 5.82 Å². The number of rotatable bonds is 3.